The Morgan fingerprint density at radius 1 is 0.800 bits per heavy atom. The van der Waals surface area contributed by atoms with Gasteiger partial charge in [0, 0.05) is 36.4 Å². The van der Waals surface area contributed by atoms with Gasteiger partial charge in [0.05, 0.1) is 17.1 Å². The van der Waals surface area contributed by atoms with E-state index in [-0.39, 0.29) is 6.54 Å². The van der Waals surface area contributed by atoms with E-state index in [1.807, 2.05) is 72.8 Å². The third kappa shape index (κ3) is 6.01. The first-order chi connectivity index (χ1) is 24.2. The Morgan fingerprint density at radius 3 is 1.90 bits per heavy atom. The number of hydrogen-bond donors (Lipinski definition) is 1. The number of benzene rings is 4. The van der Waals surface area contributed by atoms with E-state index in [0.29, 0.717) is 29.4 Å². The van der Waals surface area contributed by atoms with E-state index in [4.69, 9.17) is 9.84 Å². The second kappa shape index (κ2) is 13.2. The minimum absolute atomic E-state index is 0.168. The third-order valence-corrected chi connectivity index (χ3v) is 9.15. The average molecular weight is 666 g/mol. The second-order valence-electron chi connectivity index (χ2n) is 13.6. The van der Waals surface area contributed by atoms with E-state index in [0.717, 1.165) is 33.2 Å². The number of amides is 2. The number of carbonyl (C=O) groups excluding carboxylic acids is 2. The predicted molar refractivity (Wildman–Crippen MR) is 193 cm³/mol. The summed E-state index contributed by atoms with van der Waals surface area (Å²) >= 11 is 0. The SMILES string of the molecule is CC(C)(C)OC(=O)N1CC[C@@H](C(=O)N(O)c2ccc3c(c2)c(-c2ccncc2)nn3C(c2ccccc2)(c2ccccc2)c2ccccc2)C1. The van der Waals surface area contributed by atoms with Crippen LogP contribution in [0.2, 0.25) is 0 Å². The lowest BCUT2D eigenvalue weighted by molar-refractivity contribution is -0.127. The number of nitrogens with zero attached hydrogens (tertiary/aromatic N) is 5. The smallest absolute Gasteiger partial charge is 0.410 e. The van der Waals surface area contributed by atoms with E-state index in [1.54, 1.807) is 45.3 Å². The number of hydroxylamine groups is 1. The van der Waals surface area contributed by atoms with Crippen molar-refractivity contribution in [2.45, 2.75) is 38.3 Å². The first-order valence-electron chi connectivity index (χ1n) is 16.8. The topological polar surface area (TPSA) is 101 Å². The number of likely N-dealkylation sites (tertiary alicyclic amines) is 1. The zero-order valence-corrected chi connectivity index (χ0v) is 28.3. The van der Waals surface area contributed by atoms with E-state index in [9.17, 15) is 14.8 Å². The highest BCUT2D eigenvalue weighted by molar-refractivity contribution is 6.00. The van der Waals surface area contributed by atoms with Crippen LogP contribution in [0.3, 0.4) is 0 Å². The second-order valence-corrected chi connectivity index (χ2v) is 13.6. The maximum absolute atomic E-state index is 13.7. The van der Waals surface area contributed by atoms with E-state index in [2.05, 4.69) is 46.1 Å². The van der Waals surface area contributed by atoms with Gasteiger partial charge >= 0.3 is 6.09 Å². The number of aromatic nitrogens is 3. The van der Waals surface area contributed by atoms with Crippen LogP contribution in [0.15, 0.2) is 134 Å². The Balaban J connectivity index is 1.37. The summed E-state index contributed by atoms with van der Waals surface area (Å²) in [5, 5.41) is 18.2. The van der Waals surface area contributed by atoms with Crippen molar-refractivity contribution in [1.29, 1.82) is 0 Å². The van der Waals surface area contributed by atoms with E-state index < -0.39 is 29.1 Å². The molecule has 0 aliphatic carbocycles. The fourth-order valence-electron chi connectivity index (χ4n) is 6.88. The predicted octanol–water partition coefficient (Wildman–Crippen LogP) is 7.92. The van der Waals surface area contributed by atoms with Gasteiger partial charge in [0.15, 0.2) is 0 Å². The molecule has 50 heavy (non-hydrogen) atoms. The van der Waals surface area contributed by atoms with Gasteiger partial charge in [-0.15, -0.1) is 0 Å². The largest absolute Gasteiger partial charge is 0.444 e. The van der Waals surface area contributed by atoms with Gasteiger partial charge in [0.25, 0.3) is 5.91 Å². The Morgan fingerprint density at radius 2 is 1.36 bits per heavy atom. The summed E-state index contributed by atoms with van der Waals surface area (Å²) in [6.45, 7) is 5.96. The van der Waals surface area contributed by atoms with Crippen molar-refractivity contribution in [2.75, 3.05) is 18.2 Å². The van der Waals surface area contributed by atoms with Gasteiger partial charge in [-0.25, -0.2) is 9.48 Å². The summed E-state index contributed by atoms with van der Waals surface area (Å²) in [5.41, 5.74) is 4.13. The van der Waals surface area contributed by atoms with Crippen LogP contribution in [0.4, 0.5) is 10.5 Å². The molecule has 1 aliphatic rings. The number of pyridine rings is 1. The molecule has 3 heterocycles. The molecular weight excluding hydrogens is 626 g/mol. The maximum Gasteiger partial charge on any atom is 0.410 e. The van der Waals surface area contributed by atoms with Crippen LogP contribution in [0.1, 0.15) is 43.9 Å². The number of fused-ring (bicyclic) bond motifs is 1. The van der Waals surface area contributed by atoms with Crippen molar-refractivity contribution in [3.05, 3.63) is 150 Å². The maximum atomic E-state index is 13.7. The summed E-state index contributed by atoms with van der Waals surface area (Å²) in [6.07, 6.45) is 3.40. The highest BCUT2D eigenvalue weighted by Crippen LogP contribution is 2.44. The Labute approximate surface area is 291 Å². The molecule has 1 fully saturated rings. The van der Waals surface area contributed by atoms with Crippen molar-refractivity contribution in [1.82, 2.24) is 19.7 Å². The van der Waals surface area contributed by atoms with Crippen LogP contribution < -0.4 is 5.06 Å². The van der Waals surface area contributed by atoms with E-state index >= 15 is 0 Å². The highest BCUT2D eigenvalue weighted by Gasteiger charge is 2.41. The van der Waals surface area contributed by atoms with Gasteiger partial charge in [0.2, 0.25) is 0 Å². The van der Waals surface area contributed by atoms with Gasteiger partial charge in [-0.2, -0.15) is 10.2 Å². The van der Waals surface area contributed by atoms with Crippen molar-refractivity contribution < 1.29 is 19.5 Å². The normalized spacial score (nSPS) is 14.9. The lowest BCUT2D eigenvalue weighted by atomic mass is 9.77. The zero-order valence-electron chi connectivity index (χ0n) is 28.3. The van der Waals surface area contributed by atoms with Crippen molar-refractivity contribution in [3.63, 3.8) is 0 Å². The van der Waals surface area contributed by atoms with Crippen LogP contribution in [0.25, 0.3) is 22.2 Å². The molecule has 2 aromatic heterocycles. The van der Waals surface area contributed by atoms with Crippen molar-refractivity contribution >= 4 is 28.6 Å². The molecule has 0 spiro atoms. The first kappa shape index (κ1) is 32.7. The van der Waals surface area contributed by atoms with Crippen LogP contribution in [0.5, 0.6) is 0 Å². The van der Waals surface area contributed by atoms with Crippen LogP contribution in [0, 0.1) is 5.92 Å². The van der Waals surface area contributed by atoms with E-state index in [1.165, 1.54) is 4.90 Å². The zero-order chi connectivity index (χ0) is 34.9. The highest BCUT2D eigenvalue weighted by atomic mass is 16.6. The molecule has 0 radical (unpaired) electrons. The molecule has 1 N–H and O–H groups in total. The Hall–Kier alpha value is -5.80. The molecule has 0 saturated carbocycles. The van der Waals surface area contributed by atoms with Gasteiger partial charge < -0.3 is 9.64 Å². The molecule has 2 amide bonds. The summed E-state index contributed by atoms with van der Waals surface area (Å²) in [5.74, 6) is -1.06. The molecule has 0 unspecified atom stereocenters. The molecule has 1 saturated heterocycles. The Kier molecular flexibility index (Phi) is 8.67. The quantitative estimate of drug-likeness (QED) is 0.106. The lowest BCUT2D eigenvalue weighted by Crippen LogP contribution is -2.38. The summed E-state index contributed by atoms with van der Waals surface area (Å²) in [7, 11) is 0. The monoisotopic (exact) mass is 665 g/mol. The van der Waals surface area contributed by atoms with Gasteiger partial charge in [0.1, 0.15) is 16.8 Å². The number of hydrogen-bond acceptors (Lipinski definition) is 6. The molecule has 9 nitrogen and oxygen atoms in total. The number of rotatable bonds is 7. The molecule has 1 atom stereocenters. The van der Waals surface area contributed by atoms with Crippen LogP contribution in [-0.4, -0.2) is 55.6 Å². The first-order valence-corrected chi connectivity index (χ1v) is 16.8. The third-order valence-electron chi connectivity index (χ3n) is 9.15. The molecule has 6 aromatic rings. The van der Waals surface area contributed by atoms with Crippen LogP contribution in [-0.2, 0) is 15.1 Å². The summed E-state index contributed by atoms with van der Waals surface area (Å²) in [4.78, 5) is 32.1. The number of ether oxygens (including phenoxy) is 1. The van der Waals surface area contributed by atoms with Gasteiger partial charge in [-0.3, -0.25) is 15.0 Å². The minimum Gasteiger partial charge on any atom is -0.444 e. The van der Waals surface area contributed by atoms with Gasteiger partial charge in [-0.05, 0) is 74.2 Å². The molecule has 1 aliphatic heterocycles. The number of carbonyl (C=O) groups is 2. The fourth-order valence-corrected chi connectivity index (χ4v) is 6.88. The lowest BCUT2D eigenvalue weighted by Gasteiger charge is -2.37. The molecule has 4 aromatic carbocycles. The standard InChI is InChI=1S/C41H39N5O4/c1-40(2,3)50-39(48)44-26-23-30(28-44)38(47)45(49)34-19-20-36-35(27-34)37(29-21-24-42-25-22-29)43-46(36)41(31-13-7-4-8-14-31,32-15-9-5-10-16-32)33-17-11-6-12-18-33/h4-22,24-25,27,30,49H,23,26,28H2,1-3H3/t30-/m1/s1. The number of anilines is 1. The minimum atomic E-state index is -0.890. The molecular formula is C41H39N5O4. The Bertz CT molecular complexity index is 2020. The summed E-state index contributed by atoms with van der Waals surface area (Å²) in [6, 6.07) is 40.2. The molecule has 252 valence electrons. The summed E-state index contributed by atoms with van der Waals surface area (Å²) < 4.78 is 7.57. The fraction of sp³-hybridized carbons (Fsp3) is 0.220. The molecule has 0 bridgehead atoms. The van der Waals surface area contributed by atoms with Gasteiger partial charge in [-0.1, -0.05) is 91.0 Å². The van der Waals surface area contributed by atoms with Crippen molar-refractivity contribution in [2.24, 2.45) is 5.92 Å². The molecule has 7 rings (SSSR count). The van der Waals surface area contributed by atoms with Crippen LogP contribution >= 0.6 is 0 Å². The van der Waals surface area contributed by atoms with Crippen molar-refractivity contribution in [3.8, 4) is 11.3 Å². The average Bonchev–Trinajstić information content (AvgIpc) is 3.79. The molecule has 9 heteroatoms.